The summed E-state index contributed by atoms with van der Waals surface area (Å²) in [6, 6.07) is 0. The van der Waals surface area contributed by atoms with Crippen molar-refractivity contribution in [3.63, 3.8) is 0 Å². The summed E-state index contributed by atoms with van der Waals surface area (Å²) >= 11 is 6.06. The minimum Gasteiger partial charge on any atom is -0.268 e. The number of carbonyl (C=O) groups is 1. The standard InChI is InChI=1S/C13H22ClN3O3S/c1-6-17-12(14)11(10(5)15-17)13(18)16-21(19,20)9(4)7-8(2)3/h8-9H,6-7H2,1-5H3,(H,16,18)/t9-/m1/s1. The second-order valence-corrected chi connectivity index (χ2v) is 7.94. The number of amides is 1. The van der Waals surface area contributed by atoms with Crippen LogP contribution in [0.15, 0.2) is 0 Å². The number of nitrogens with zero attached hydrogens (tertiary/aromatic N) is 2. The van der Waals surface area contributed by atoms with Crippen LogP contribution in [0.5, 0.6) is 0 Å². The average Bonchev–Trinajstić information content (AvgIpc) is 2.62. The highest BCUT2D eigenvalue weighted by molar-refractivity contribution is 7.90. The largest absolute Gasteiger partial charge is 0.269 e. The lowest BCUT2D eigenvalue weighted by molar-refractivity contribution is 0.0980. The molecule has 0 saturated carbocycles. The molecule has 1 heterocycles. The smallest absolute Gasteiger partial charge is 0.268 e. The first-order valence-corrected chi connectivity index (χ1v) is 8.81. The van der Waals surface area contributed by atoms with Crippen molar-refractivity contribution < 1.29 is 13.2 Å². The van der Waals surface area contributed by atoms with E-state index >= 15 is 0 Å². The summed E-state index contributed by atoms with van der Waals surface area (Å²) < 4.78 is 27.8. The van der Waals surface area contributed by atoms with Gasteiger partial charge in [0.15, 0.2) is 0 Å². The number of hydrogen-bond acceptors (Lipinski definition) is 4. The Bertz CT molecular complexity index is 623. The van der Waals surface area contributed by atoms with E-state index < -0.39 is 21.2 Å². The van der Waals surface area contributed by atoms with Crippen molar-refractivity contribution in [2.45, 2.75) is 52.8 Å². The summed E-state index contributed by atoms with van der Waals surface area (Å²) in [4.78, 5) is 12.2. The molecular formula is C13H22ClN3O3S. The quantitative estimate of drug-likeness (QED) is 0.865. The van der Waals surface area contributed by atoms with Crippen molar-refractivity contribution in [1.29, 1.82) is 0 Å². The Labute approximate surface area is 130 Å². The Hall–Kier alpha value is -1.08. The van der Waals surface area contributed by atoms with Crippen molar-refractivity contribution >= 4 is 27.5 Å². The number of aryl methyl sites for hydroxylation is 2. The topological polar surface area (TPSA) is 81.1 Å². The normalized spacial score (nSPS) is 13.5. The summed E-state index contributed by atoms with van der Waals surface area (Å²) in [5, 5.41) is 3.60. The Morgan fingerprint density at radius 3 is 2.38 bits per heavy atom. The molecule has 1 atom stereocenters. The Morgan fingerprint density at radius 2 is 1.95 bits per heavy atom. The van der Waals surface area contributed by atoms with E-state index in [-0.39, 0.29) is 16.6 Å². The van der Waals surface area contributed by atoms with Crippen molar-refractivity contribution in [3.8, 4) is 0 Å². The van der Waals surface area contributed by atoms with Crippen LogP contribution in [-0.4, -0.2) is 29.4 Å². The highest BCUT2D eigenvalue weighted by Crippen LogP contribution is 2.20. The molecule has 6 nitrogen and oxygen atoms in total. The van der Waals surface area contributed by atoms with Gasteiger partial charge in [0.25, 0.3) is 5.91 Å². The van der Waals surface area contributed by atoms with Gasteiger partial charge < -0.3 is 0 Å². The third-order valence-electron chi connectivity index (χ3n) is 3.16. The molecule has 0 aliphatic carbocycles. The third kappa shape index (κ3) is 4.20. The summed E-state index contributed by atoms with van der Waals surface area (Å²) in [5.41, 5.74) is 0.518. The van der Waals surface area contributed by atoms with Gasteiger partial charge in [0.05, 0.1) is 10.9 Å². The van der Waals surface area contributed by atoms with Gasteiger partial charge in [-0.1, -0.05) is 25.4 Å². The van der Waals surface area contributed by atoms with Gasteiger partial charge in [-0.2, -0.15) is 5.10 Å². The van der Waals surface area contributed by atoms with Crippen molar-refractivity contribution in [2.75, 3.05) is 0 Å². The second-order valence-electron chi connectivity index (χ2n) is 5.48. The molecule has 0 aliphatic heterocycles. The first-order chi connectivity index (χ1) is 9.60. The van der Waals surface area contributed by atoms with Crippen LogP contribution < -0.4 is 4.72 Å². The summed E-state index contributed by atoms with van der Waals surface area (Å²) in [5.74, 6) is -0.507. The lowest BCUT2D eigenvalue weighted by Crippen LogP contribution is -2.37. The monoisotopic (exact) mass is 335 g/mol. The molecule has 0 aliphatic rings. The first-order valence-electron chi connectivity index (χ1n) is 6.89. The van der Waals surface area contributed by atoms with Crippen molar-refractivity contribution in [3.05, 3.63) is 16.4 Å². The molecule has 1 amide bonds. The van der Waals surface area contributed by atoms with Gasteiger partial charge >= 0.3 is 0 Å². The van der Waals surface area contributed by atoms with E-state index in [1.807, 2.05) is 20.8 Å². The Balaban J connectivity index is 2.99. The van der Waals surface area contributed by atoms with E-state index in [2.05, 4.69) is 9.82 Å². The number of carbonyl (C=O) groups excluding carboxylic acids is 1. The van der Waals surface area contributed by atoms with Gasteiger partial charge in [0.1, 0.15) is 10.7 Å². The number of sulfonamides is 1. The van der Waals surface area contributed by atoms with Crippen LogP contribution in [-0.2, 0) is 16.6 Å². The molecule has 0 radical (unpaired) electrons. The fraction of sp³-hybridized carbons (Fsp3) is 0.692. The molecule has 1 aromatic heterocycles. The number of nitrogens with one attached hydrogen (secondary N) is 1. The zero-order valence-corrected chi connectivity index (χ0v) is 14.5. The molecule has 8 heteroatoms. The number of halogens is 1. The van der Waals surface area contributed by atoms with Gasteiger partial charge in [-0.15, -0.1) is 0 Å². The molecule has 0 bridgehead atoms. The first kappa shape index (κ1) is 18.0. The maximum atomic E-state index is 12.2. The maximum Gasteiger partial charge on any atom is 0.269 e. The second kappa shape index (κ2) is 6.79. The molecule has 0 unspecified atom stereocenters. The van der Waals surface area contributed by atoms with Crippen LogP contribution in [0.3, 0.4) is 0 Å². The third-order valence-corrected chi connectivity index (χ3v) is 5.27. The van der Waals surface area contributed by atoms with Crippen LogP contribution in [0.2, 0.25) is 5.15 Å². The molecule has 1 aromatic rings. The Kier molecular flexibility index (Phi) is 5.81. The predicted octanol–water partition coefficient (Wildman–Crippen LogP) is 2.36. The van der Waals surface area contributed by atoms with Crippen LogP contribution in [0, 0.1) is 12.8 Å². The number of rotatable bonds is 6. The van der Waals surface area contributed by atoms with Gasteiger partial charge in [0, 0.05) is 6.54 Å². The fourth-order valence-corrected chi connectivity index (χ4v) is 3.67. The maximum absolute atomic E-state index is 12.2. The number of hydrogen-bond donors (Lipinski definition) is 1. The molecule has 21 heavy (non-hydrogen) atoms. The molecule has 120 valence electrons. The highest BCUT2D eigenvalue weighted by atomic mass is 35.5. The van der Waals surface area contributed by atoms with Crippen LogP contribution >= 0.6 is 11.6 Å². The van der Waals surface area contributed by atoms with Crippen molar-refractivity contribution in [2.24, 2.45) is 5.92 Å². The molecule has 1 rings (SSSR count). The molecule has 0 spiro atoms. The van der Waals surface area contributed by atoms with Crippen molar-refractivity contribution in [1.82, 2.24) is 14.5 Å². The van der Waals surface area contributed by atoms with Gasteiger partial charge in [0.2, 0.25) is 10.0 Å². The van der Waals surface area contributed by atoms with E-state index in [1.54, 1.807) is 13.8 Å². The van der Waals surface area contributed by atoms with E-state index in [9.17, 15) is 13.2 Å². The van der Waals surface area contributed by atoms with E-state index in [1.165, 1.54) is 4.68 Å². The molecule has 1 N–H and O–H groups in total. The lowest BCUT2D eigenvalue weighted by atomic mass is 10.1. The zero-order valence-electron chi connectivity index (χ0n) is 13.0. The summed E-state index contributed by atoms with van der Waals surface area (Å²) in [6.07, 6.45) is 0.476. The van der Waals surface area contributed by atoms with E-state index in [0.717, 1.165) is 0 Å². The highest BCUT2D eigenvalue weighted by Gasteiger charge is 2.27. The van der Waals surface area contributed by atoms with Crippen LogP contribution in [0.1, 0.15) is 50.2 Å². The predicted molar refractivity (Wildman–Crippen MR) is 83.0 cm³/mol. The fourth-order valence-electron chi connectivity index (χ4n) is 2.09. The van der Waals surface area contributed by atoms with Crippen LogP contribution in [0.4, 0.5) is 0 Å². The van der Waals surface area contributed by atoms with Gasteiger partial charge in [-0.25, -0.2) is 13.1 Å². The molecule has 0 aromatic carbocycles. The van der Waals surface area contributed by atoms with E-state index in [4.69, 9.17) is 11.6 Å². The minimum absolute atomic E-state index is 0.110. The zero-order chi connectivity index (χ0) is 16.4. The summed E-state index contributed by atoms with van der Waals surface area (Å²) in [6.45, 7) is 9.40. The molecular weight excluding hydrogens is 314 g/mol. The SMILES string of the molecule is CCn1nc(C)c(C(=O)NS(=O)(=O)[C@H](C)CC(C)C)c1Cl. The minimum atomic E-state index is -3.73. The van der Waals surface area contributed by atoms with Gasteiger partial charge in [-0.05, 0) is 33.1 Å². The Morgan fingerprint density at radius 1 is 1.38 bits per heavy atom. The van der Waals surface area contributed by atoms with E-state index in [0.29, 0.717) is 18.7 Å². The lowest BCUT2D eigenvalue weighted by Gasteiger charge is -2.15. The molecule has 0 saturated heterocycles. The average molecular weight is 336 g/mol. The number of aromatic nitrogens is 2. The van der Waals surface area contributed by atoms with Gasteiger partial charge in [-0.3, -0.25) is 9.48 Å². The molecule has 0 fully saturated rings. The van der Waals surface area contributed by atoms with Crippen LogP contribution in [0.25, 0.3) is 0 Å². The summed E-state index contributed by atoms with van der Waals surface area (Å²) in [7, 11) is -3.73.